The largest absolute Gasteiger partial charge is 0.411 e. The molecule has 3 atom stereocenters. The van der Waals surface area contributed by atoms with Crippen LogP contribution in [0.2, 0.25) is 5.82 Å². The van der Waals surface area contributed by atoms with Crippen molar-refractivity contribution in [1.82, 2.24) is 29.9 Å². The van der Waals surface area contributed by atoms with Crippen LogP contribution < -0.4 is 5.32 Å². The predicted molar refractivity (Wildman–Crippen MR) is 204 cm³/mol. The number of pyridine rings is 1. The van der Waals surface area contributed by atoms with Crippen molar-refractivity contribution in [3.8, 4) is 32.8 Å². The second-order valence-corrected chi connectivity index (χ2v) is 15.6. The molecule has 2 aromatic carbocycles. The number of nitrogens with one attached hydrogen (secondary N) is 1. The molecule has 2 amide bonds. The van der Waals surface area contributed by atoms with Gasteiger partial charge in [0.1, 0.15) is 6.04 Å². The quantitative estimate of drug-likeness (QED) is 0.104. The summed E-state index contributed by atoms with van der Waals surface area (Å²) in [4.78, 5) is 39.3. The van der Waals surface area contributed by atoms with Crippen LogP contribution in [-0.2, 0) is 22.6 Å². The molecule has 0 spiro atoms. The summed E-state index contributed by atoms with van der Waals surface area (Å²) < 4.78 is 1.83. The maximum Gasteiger partial charge on any atom is 0.279 e. The van der Waals surface area contributed by atoms with Crippen LogP contribution in [0.1, 0.15) is 56.0 Å². The lowest BCUT2D eigenvalue weighted by Gasteiger charge is -2.34. The number of oxime groups is 1. The number of hydrogen-bond acceptors (Lipinski definition) is 9. The molecule has 0 bridgehead atoms. The number of aliphatic hydroxyl groups is 1. The number of thiazole rings is 1. The van der Waals surface area contributed by atoms with Crippen molar-refractivity contribution in [2.45, 2.75) is 71.5 Å². The zero-order valence-electron chi connectivity index (χ0n) is 29.8. The summed E-state index contributed by atoms with van der Waals surface area (Å²) in [7, 11) is 0.277. The van der Waals surface area contributed by atoms with Crippen molar-refractivity contribution in [2.24, 2.45) is 10.6 Å². The Morgan fingerprint density at radius 3 is 2.48 bits per heavy atom. The Balaban J connectivity index is 1.11. The number of nitrogens with zero attached hydrogens (tertiary/aromatic N) is 6. The highest BCUT2D eigenvalue weighted by molar-refractivity contribution is 7.13. The molecule has 0 saturated carbocycles. The van der Waals surface area contributed by atoms with E-state index in [9.17, 15) is 19.9 Å². The number of benzene rings is 2. The van der Waals surface area contributed by atoms with E-state index < -0.39 is 23.4 Å². The molecule has 11 nitrogen and oxygen atoms in total. The van der Waals surface area contributed by atoms with Gasteiger partial charge in [-0.15, -0.1) is 11.3 Å². The number of likely N-dealkylation sites (tertiary alicyclic amines) is 1. The highest BCUT2D eigenvalue weighted by Crippen LogP contribution is 2.38. The Kier molecular flexibility index (Phi) is 9.82. The monoisotopic (exact) mass is 715 g/mol. The third kappa shape index (κ3) is 7.15. The third-order valence-corrected chi connectivity index (χ3v) is 11.2. The Morgan fingerprint density at radius 2 is 1.79 bits per heavy atom. The first-order valence-corrected chi connectivity index (χ1v) is 18.5. The maximum absolute atomic E-state index is 14.5. The maximum atomic E-state index is 14.5. The number of hydrogen-bond donors (Lipinski definition) is 3. The second kappa shape index (κ2) is 14.5. The topological polar surface area (TPSA) is 146 Å². The number of aliphatic hydroxyl groups excluding tert-OH is 1. The van der Waals surface area contributed by atoms with Crippen molar-refractivity contribution in [2.75, 3.05) is 6.54 Å². The lowest BCUT2D eigenvalue weighted by molar-refractivity contribution is -0.140. The van der Waals surface area contributed by atoms with Crippen molar-refractivity contribution in [3.63, 3.8) is 0 Å². The first-order chi connectivity index (χ1) is 25.0. The second-order valence-electron chi connectivity index (χ2n) is 14.8. The van der Waals surface area contributed by atoms with Gasteiger partial charge in [0.2, 0.25) is 11.8 Å². The van der Waals surface area contributed by atoms with E-state index >= 15 is 0 Å². The average Bonchev–Trinajstić information content (AvgIpc) is 3.95. The van der Waals surface area contributed by atoms with Gasteiger partial charge in [0.05, 0.1) is 33.6 Å². The number of β-amino-alcohol motifs (C(OH)–C–C–N with tert-alkyl or cyclic N) is 1. The molecule has 1 unspecified atom stereocenters. The smallest absolute Gasteiger partial charge is 0.279 e. The molecular weight excluding hydrogens is 673 g/mol. The van der Waals surface area contributed by atoms with Gasteiger partial charge in [0.25, 0.3) is 7.41 Å². The fourth-order valence-electron chi connectivity index (χ4n) is 7.27. The predicted octanol–water partition coefficient (Wildman–Crippen LogP) is 5.48. The summed E-state index contributed by atoms with van der Waals surface area (Å²) in [6, 6.07) is 17.2. The van der Waals surface area contributed by atoms with E-state index in [0.29, 0.717) is 18.7 Å². The van der Waals surface area contributed by atoms with Gasteiger partial charge < -0.3 is 25.1 Å². The Bertz CT molecular complexity index is 2120. The lowest BCUT2D eigenvalue weighted by Crippen LogP contribution is -2.49. The molecule has 2 aliphatic rings. The molecule has 4 heterocycles. The summed E-state index contributed by atoms with van der Waals surface area (Å²) in [5, 5.41) is 31.7. The van der Waals surface area contributed by atoms with Gasteiger partial charge in [-0.2, -0.15) is 5.10 Å². The number of aromatic nitrogens is 4. The number of carbonyl (C=O) groups excluding carboxylic acids is 2. The SMILES string of the molecule is Cc1ncsc1-c1ccc(CNC(=O)[C@@H]2C[C@@H](O)CN2C(=O)C(Bn2cc(-c3ccc4c(c3)CC/C4=N\O)c(-c3ccncc3)n2)C(C)(C)C)cc1. The number of carbonyl (C=O) groups is 2. The average molecular weight is 716 g/mol. The van der Waals surface area contributed by atoms with Gasteiger partial charge in [-0.05, 0) is 59.6 Å². The zero-order valence-corrected chi connectivity index (χ0v) is 30.6. The van der Waals surface area contributed by atoms with E-state index in [0.717, 1.165) is 61.6 Å². The molecule has 1 fully saturated rings. The van der Waals surface area contributed by atoms with Gasteiger partial charge in [-0.1, -0.05) is 68.4 Å². The standard InChI is InChI=1S/C39H42BN7O4S/c1-23-35(52-22-43-23)26-7-5-24(6-8-26)19-42-37(49)33-18-29(48)20-46(33)38(50)36(39(2,3)4)40-47-21-31(34(44-47)25-13-15-41-16-14-25)28-9-11-30-27(17-28)10-12-32(30)45-51/h5-9,11,13-17,21-22,29,33,36,40,48,51H,10,12,18-20H2,1-4H3,(H,42,49)/b45-32+/t29-,33+,36?/m1/s1. The van der Waals surface area contributed by atoms with Crippen LogP contribution in [-0.4, -0.2) is 78.5 Å². The molecule has 1 aliphatic heterocycles. The molecule has 0 radical (unpaired) electrons. The molecule has 13 heteroatoms. The molecule has 1 aliphatic carbocycles. The van der Waals surface area contributed by atoms with Crippen LogP contribution in [0.5, 0.6) is 0 Å². The molecule has 5 aromatic rings. The minimum atomic E-state index is -0.798. The number of fused-ring (bicyclic) bond motifs is 1. The van der Waals surface area contributed by atoms with E-state index in [2.05, 4.69) is 26.5 Å². The number of rotatable bonds is 9. The van der Waals surface area contributed by atoms with E-state index in [1.807, 2.05) is 92.5 Å². The van der Waals surface area contributed by atoms with E-state index in [1.54, 1.807) is 28.6 Å². The van der Waals surface area contributed by atoms with Crippen LogP contribution in [0.3, 0.4) is 0 Å². The molecule has 7 rings (SSSR count). The summed E-state index contributed by atoms with van der Waals surface area (Å²) in [6.45, 7) is 8.44. The van der Waals surface area contributed by atoms with Gasteiger partial charge in [-0.25, -0.2) is 4.98 Å². The van der Waals surface area contributed by atoms with Crippen molar-refractivity contribution < 1.29 is 19.9 Å². The van der Waals surface area contributed by atoms with Gasteiger partial charge in [0.15, 0.2) is 0 Å². The van der Waals surface area contributed by atoms with Gasteiger partial charge >= 0.3 is 0 Å². The van der Waals surface area contributed by atoms with Crippen LogP contribution >= 0.6 is 11.3 Å². The van der Waals surface area contributed by atoms with Crippen LogP contribution in [0.15, 0.2) is 83.9 Å². The van der Waals surface area contributed by atoms with Crippen molar-refractivity contribution in [3.05, 3.63) is 101 Å². The normalized spacial score (nSPS) is 18.4. The fraction of sp³-hybridized carbons (Fsp3) is 0.333. The fourth-order valence-corrected chi connectivity index (χ4v) is 8.08. The van der Waals surface area contributed by atoms with E-state index in [1.165, 1.54) is 0 Å². The van der Waals surface area contributed by atoms with Crippen molar-refractivity contribution in [1.29, 1.82) is 0 Å². The zero-order chi connectivity index (χ0) is 36.6. The highest BCUT2D eigenvalue weighted by atomic mass is 32.1. The minimum Gasteiger partial charge on any atom is -0.411 e. The van der Waals surface area contributed by atoms with Crippen LogP contribution in [0.4, 0.5) is 0 Å². The van der Waals surface area contributed by atoms with Crippen LogP contribution in [0, 0.1) is 12.3 Å². The summed E-state index contributed by atoms with van der Waals surface area (Å²) in [5.74, 6) is -1.02. The van der Waals surface area contributed by atoms with Crippen molar-refractivity contribution >= 4 is 36.3 Å². The van der Waals surface area contributed by atoms with Gasteiger partial charge in [-0.3, -0.25) is 14.6 Å². The minimum absolute atomic E-state index is 0.0906. The molecular formula is C39H42BN7O4S. The number of amides is 2. The first kappa shape index (κ1) is 35.3. The van der Waals surface area contributed by atoms with E-state index in [4.69, 9.17) is 5.10 Å². The highest BCUT2D eigenvalue weighted by Gasteiger charge is 2.44. The third-order valence-electron chi connectivity index (χ3n) is 10.2. The van der Waals surface area contributed by atoms with E-state index in [-0.39, 0.29) is 32.2 Å². The Hall–Kier alpha value is -5.14. The molecule has 266 valence electrons. The Morgan fingerprint density at radius 1 is 1.04 bits per heavy atom. The van der Waals surface area contributed by atoms with Crippen LogP contribution in [0.25, 0.3) is 32.8 Å². The molecule has 52 heavy (non-hydrogen) atoms. The molecule has 3 N–H and O–H groups in total. The summed E-state index contributed by atoms with van der Waals surface area (Å²) in [5.41, 5.74) is 10.6. The van der Waals surface area contributed by atoms with Gasteiger partial charge in [0, 0.05) is 60.6 Å². The lowest BCUT2D eigenvalue weighted by atomic mass is 9.61. The summed E-state index contributed by atoms with van der Waals surface area (Å²) >= 11 is 1.59. The molecule has 1 saturated heterocycles. The summed E-state index contributed by atoms with van der Waals surface area (Å²) in [6.07, 6.45) is 6.29. The number of aryl methyl sites for hydroxylation is 2. The first-order valence-electron chi connectivity index (χ1n) is 17.6. The molecule has 3 aromatic heterocycles. The Labute approximate surface area is 307 Å².